The quantitative estimate of drug-likeness (QED) is 0.549. The van der Waals surface area contributed by atoms with E-state index < -0.39 is 10.0 Å². The van der Waals surface area contributed by atoms with Gasteiger partial charge >= 0.3 is 0 Å². The Morgan fingerprint density at radius 3 is 2.40 bits per heavy atom. The summed E-state index contributed by atoms with van der Waals surface area (Å²) in [5.74, 6) is 1.54. The van der Waals surface area contributed by atoms with Crippen LogP contribution in [0.15, 0.2) is 81.4 Å². The molecule has 4 rings (SSSR count). The number of hydrogen-bond donors (Lipinski definition) is 1. The predicted octanol–water partition coefficient (Wildman–Crippen LogP) is 5.05. The molecule has 6 heteroatoms. The van der Waals surface area contributed by atoms with Gasteiger partial charge in [0.15, 0.2) is 0 Å². The van der Waals surface area contributed by atoms with Gasteiger partial charge in [-0.05, 0) is 49.4 Å². The van der Waals surface area contributed by atoms with Crippen molar-refractivity contribution in [2.45, 2.75) is 21.6 Å². The van der Waals surface area contributed by atoms with Crippen LogP contribution in [0.25, 0.3) is 0 Å². The molecular weight excluding hydrogens is 354 g/mol. The first-order valence-electron chi connectivity index (χ1n) is 7.69. The molecule has 1 aliphatic heterocycles. The first-order chi connectivity index (χ1) is 12.0. The second-order valence-electron chi connectivity index (χ2n) is 5.73. The number of benzene rings is 3. The van der Waals surface area contributed by atoms with Gasteiger partial charge in [-0.25, -0.2) is 8.42 Å². The highest BCUT2D eigenvalue weighted by molar-refractivity contribution is 7.99. The number of rotatable bonds is 3. The van der Waals surface area contributed by atoms with Gasteiger partial charge in [-0.1, -0.05) is 41.6 Å². The smallest absolute Gasteiger partial charge is 0.261 e. The maximum absolute atomic E-state index is 12.5. The molecule has 1 aliphatic rings. The number of fused-ring (bicyclic) bond motifs is 2. The Morgan fingerprint density at radius 1 is 0.880 bits per heavy atom. The minimum Gasteiger partial charge on any atom is -0.455 e. The van der Waals surface area contributed by atoms with Crippen LogP contribution < -0.4 is 9.46 Å². The molecule has 0 bridgehead atoms. The molecule has 126 valence electrons. The Morgan fingerprint density at radius 2 is 1.60 bits per heavy atom. The summed E-state index contributed by atoms with van der Waals surface area (Å²) >= 11 is 1.56. The highest BCUT2D eigenvalue weighted by Gasteiger charge is 2.19. The van der Waals surface area contributed by atoms with Gasteiger partial charge in [0.25, 0.3) is 10.0 Å². The highest BCUT2D eigenvalue weighted by atomic mass is 32.2. The van der Waals surface area contributed by atoms with Crippen molar-refractivity contribution in [1.29, 1.82) is 0 Å². The summed E-state index contributed by atoms with van der Waals surface area (Å²) in [4.78, 5) is 2.13. The number of anilines is 1. The molecular formula is C19H15NO3S2. The van der Waals surface area contributed by atoms with Crippen LogP contribution in [-0.2, 0) is 10.0 Å². The topological polar surface area (TPSA) is 55.4 Å². The third kappa shape index (κ3) is 3.23. The monoisotopic (exact) mass is 369 g/mol. The summed E-state index contributed by atoms with van der Waals surface area (Å²) in [7, 11) is -3.62. The number of nitrogens with one attached hydrogen (secondary N) is 1. The van der Waals surface area contributed by atoms with Gasteiger partial charge in [-0.15, -0.1) is 0 Å². The largest absolute Gasteiger partial charge is 0.455 e. The fraction of sp³-hybridized carbons (Fsp3) is 0.0526. The normalized spacial score (nSPS) is 12.7. The van der Waals surface area contributed by atoms with Crippen LogP contribution in [0.4, 0.5) is 5.69 Å². The van der Waals surface area contributed by atoms with Gasteiger partial charge in [0, 0.05) is 0 Å². The third-order valence-electron chi connectivity index (χ3n) is 3.82. The van der Waals surface area contributed by atoms with Crippen molar-refractivity contribution in [3.8, 4) is 11.5 Å². The van der Waals surface area contributed by atoms with Crippen LogP contribution in [0.1, 0.15) is 5.56 Å². The van der Waals surface area contributed by atoms with Crippen LogP contribution in [0, 0.1) is 6.92 Å². The average Bonchev–Trinajstić information content (AvgIpc) is 2.60. The van der Waals surface area contributed by atoms with E-state index in [9.17, 15) is 8.42 Å². The number of hydrogen-bond acceptors (Lipinski definition) is 4. The van der Waals surface area contributed by atoms with Crippen molar-refractivity contribution in [2.75, 3.05) is 4.72 Å². The van der Waals surface area contributed by atoms with E-state index in [1.165, 1.54) is 0 Å². The highest BCUT2D eigenvalue weighted by Crippen LogP contribution is 2.47. The van der Waals surface area contributed by atoms with Crippen molar-refractivity contribution in [2.24, 2.45) is 0 Å². The average molecular weight is 369 g/mol. The molecule has 0 radical (unpaired) electrons. The molecule has 0 spiro atoms. The minimum absolute atomic E-state index is 0.241. The second kappa shape index (κ2) is 6.13. The van der Waals surface area contributed by atoms with E-state index in [1.807, 2.05) is 31.2 Å². The summed E-state index contributed by atoms with van der Waals surface area (Å²) in [5, 5.41) is 0. The Bertz CT molecular complexity index is 1040. The van der Waals surface area contributed by atoms with E-state index in [4.69, 9.17) is 4.74 Å². The van der Waals surface area contributed by atoms with Gasteiger partial charge in [0.05, 0.1) is 20.4 Å². The van der Waals surface area contributed by atoms with Gasteiger partial charge in [0.1, 0.15) is 11.5 Å². The molecule has 25 heavy (non-hydrogen) atoms. The minimum atomic E-state index is -3.62. The molecule has 0 saturated heterocycles. The lowest BCUT2D eigenvalue weighted by Gasteiger charge is -2.20. The Kier molecular flexibility index (Phi) is 3.94. The van der Waals surface area contributed by atoms with Gasteiger partial charge in [-0.3, -0.25) is 4.72 Å². The van der Waals surface area contributed by atoms with Crippen LogP contribution in [0.5, 0.6) is 11.5 Å². The first kappa shape index (κ1) is 16.1. The van der Waals surface area contributed by atoms with Crippen LogP contribution in [-0.4, -0.2) is 8.42 Å². The molecule has 0 saturated carbocycles. The van der Waals surface area contributed by atoms with E-state index in [0.717, 1.165) is 26.9 Å². The molecule has 0 fully saturated rings. The van der Waals surface area contributed by atoms with E-state index >= 15 is 0 Å². The second-order valence-corrected chi connectivity index (χ2v) is 8.50. The molecule has 0 aromatic heterocycles. The molecule has 1 N–H and O–H groups in total. The predicted molar refractivity (Wildman–Crippen MR) is 99.1 cm³/mol. The summed E-state index contributed by atoms with van der Waals surface area (Å²) in [5.41, 5.74) is 1.52. The molecule has 3 aromatic rings. The fourth-order valence-electron chi connectivity index (χ4n) is 2.52. The van der Waals surface area contributed by atoms with E-state index in [0.29, 0.717) is 5.69 Å². The molecule has 0 amide bonds. The molecule has 0 atom stereocenters. The lowest BCUT2D eigenvalue weighted by molar-refractivity contribution is 0.454. The molecule has 4 nitrogen and oxygen atoms in total. The third-order valence-corrected chi connectivity index (χ3v) is 6.31. The van der Waals surface area contributed by atoms with Crippen molar-refractivity contribution in [3.05, 3.63) is 72.3 Å². The zero-order valence-electron chi connectivity index (χ0n) is 13.4. The Balaban J connectivity index is 1.62. The summed E-state index contributed by atoms with van der Waals surface area (Å²) in [6, 6.07) is 19.8. The molecule has 0 unspecified atom stereocenters. The summed E-state index contributed by atoms with van der Waals surface area (Å²) in [6.07, 6.45) is 0. The number of ether oxygens (including phenoxy) is 1. The van der Waals surface area contributed by atoms with Gasteiger partial charge in [0.2, 0.25) is 0 Å². The standard InChI is InChI=1S/C19H15NO3S2/c1-13-6-9-15(10-7-13)25(21,22)20-14-8-11-17-19(12-14)24-18-5-3-2-4-16(18)23-17/h2-12,20H,1H3. The summed E-state index contributed by atoms with van der Waals surface area (Å²) < 4.78 is 33.6. The Hall–Kier alpha value is -2.44. The molecule has 3 aromatic carbocycles. The van der Waals surface area contributed by atoms with Crippen LogP contribution in [0.2, 0.25) is 0 Å². The lowest BCUT2D eigenvalue weighted by Crippen LogP contribution is -2.13. The fourth-order valence-corrected chi connectivity index (χ4v) is 4.56. The zero-order valence-corrected chi connectivity index (χ0v) is 15.0. The maximum Gasteiger partial charge on any atom is 0.261 e. The number of sulfonamides is 1. The van der Waals surface area contributed by atoms with Crippen LogP contribution >= 0.6 is 11.8 Å². The molecule has 0 aliphatic carbocycles. The van der Waals surface area contributed by atoms with E-state index in [2.05, 4.69) is 4.72 Å². The number of para-hydroxylation sites is 1. The van der Waals surface area contributed by atoms with Crippen molar-refractivity contribution in [3.63, 3.8) is 0 Å². The van der Waals surface area contributed by atoms with Crippen molar-refractivity contribution < 1.29 is 13.2 Å². The van der Waals surface area contributed by atoms with Gasteiger partial charge < -0.3 is 4.74 Å². The summed E-state index contributed by atoms with van der Waals surface area (Å²) in [6.45, 7) is 1.92. The molecule has 1 heterocycles. The van der Waals surface area contributed by atoms with Gasteiger partial charge in [-0.2, -0.15) is 0 Å². The van der Waals surface area contributed by atoms with E-state index in [-0.39, 0.29) is 4.90 Å². The first-order valence-corrected chi connectivity index (χ1v) is 9.99. The Labute approximate surface area is 150 Å². The van der Waals surface area contributed by atoms with Crippen molar-refractivity contribution >= 4 is 27.5 Å². The SMILES string of the molecule is Cc1ccc(S(=O)(=O)Nc2ccc3c(c2)Sc2ccccc2O3)cc1. The van der Waals surface area contributed by atoms with Crippen molar-refractivity contribution in [1.82, 2.24) is 0 Å². The zero-order chi connectivity index (χ0) is 17.4. The van der Waals surface area contributed by atoms with E-state index in [1.54, 1.807) is 54.2 Å². The maximum atomic E-state index is 12.5. The lowest BCUT2D eigenvalue weighted by atomic mass is 10.2. The van der Waals surface area contributed by atoms with Crippen LogP contribution in [0.3, 0.4) is 0 Å². The number of aryl methyl sites for hydroxylation is 1.